The van der Waals surface area contributed by atoms with Gasteiger partial charge in [-0.1, -0.05) is 36.0 Å². The Morgan fingerprint density at radius 2 is 1.78 bits per heavy atom. The summed E-state index contributed by atoms with van der Waals surface area (Å²) in [4.78, 5) is 31.9. The number of hydrazone groups is 1. The van der Waals surface area contributed by atoms with E-state index in [9.17, 15) is 18.4 Å². The Morgan fingerprint density at radius 3 is 2.46 bits per heavy atom. The van der Waals surface area contributed by atoms with Crippen molar-refractivity contribution < 1.29 is 13.6 Å². The van der Waals surface area contributed by atoms with Gasteiger partial charge in [-0.15, -0.1) is 0 Å². The zero-order valence-corrected chi connectivity index (χ0v) is 20.5. The molecule has 1 saturated carbocycles. The van der Waals surface area contributed by atoms with E-state index in [4.69, 9.17) is 16.6 Å². The number of fused-ring (bicyclic) bond motifs is 1. The molecular formula is C26H24F2N6O2S. The normalized spacial score (nSPS) is 20.1. The Morgan fingerprint density at radius 1 is 1.11 bits per heavy atom. The minimum atomic E-state index is -0.574. The van der Waals surface area contributed by atoms with E-state index in [1.165, 1.54) is 29.3 Å². The number of halogens is 2. The van der Waals surface area contributed by atoms with Crippen molar-refractivity contribution in [2.24, 2.45) is 11.0 Å². The maximum absolute atomic E-state index is 13.7. The molecule has 5 rings (SSSR count). The highest BCUT2D eigenvalue weighted by molar-refractivity contribution is 7.99. The molecule has 11 heteroatoms. The van der Waals surface area contributed by atoms with Gasteiger partial charge in [0.25, 0.3) is 11.5 Å². The van der Waals surface area contributed by atoms with Gasteiger partial charge in [-0.2, -0.15) is 5.10 Å². The van der Waals surface area contributed by atoms with Gasteiger partial charge in [-0.25, -0.2) is 18.8 Å². The number of benzene rings is 2. The number of nitrogens with zero attached hydrogens (tertiary/aromatic N) is 3. The quantitative estimate of drug-likeness (QED) is 0.341. The smallest absolute Gasteiger partial charge is 0.276 e. The summed E-state index contributed by atoms with van der Waals surface area (Å²) < 4.78 is 27.1. The van der Waals surface area contributed by atoms with Gasteiger partial charge < -0.3 is 11.5 Å². The average molecular weight is 523 g/mol. The molecule has 1 amide bonds. The Balaban J connectivity index is 1.46. The number of allylic oxidation sites excluding steroid dienone is 1. The van der Waals surface area contributed by atoms with E-state index in [0.717, 1.165) is 53.4 Å². The van der Waals surface area contributed by atoms with E-state index in [1.807, 2.05) is 6.08 Å². The molecule has 37 heavy (non-hydrogen) atoms. The molecule has 2 aliphatic rings. The predicted octanol–water partition coefficient (Wildman–Crippen LogP) is 4.13. The highest BCUT2D eigenvalue weighted by Gasteiger charge is 2.43. The molecule has 2 heterocycles. The molecule has 0 spiro atoms. The predicted molar refractivity (Wildman–Crippen MR) is 140 cm³/mol. The van der Waals surface area contributed by atoms with Crippen molar-refractivity contribution in [1.29, 1.82) is 0 Å². The van der Waals surface area contributed by atoms with E-state index in [1.54, 1.807) is 24.3 Å². The molecule has 8 nitrogen and oxygen atoms in total. The summed E-state index contributed by atoms with van der Waals surface area (Å²) in [5, 5.41) is 6.38. The molecule has 0 radical (unpaired) electrons. The third-order valence-electron chi connectivity index (χ3n) is 6.47. The topological polar surface area (TPSA) is 130 Å². The lowest BCUT2D eigenvalue weighted by atomic mass is 9.77. The van der Waals surface area contributed by atoms with Crippen LogP contribution in [-0.2, 0) is 4.79 Å². The number of anilines is 2. The van der Waals surface area contributed by atoms with E-state index < -0.39 is 11.6 Å². The van der Waals surface area contributed by atoms with Crippen LogP contribution in [0, 0.1) is 17.6 Å². The van der Waals surface area contributed by atoms with E-state index in [-0.39, 0.29) is 45.9 Å². The first-order valence-corrected chi connectivity index (χ1v) is 12.7. The van der Waals surface area contributed by atoms with Crippen LogP contribution in [0.15, 0.2) is 69.2 Å². The number of hydrogen-bond acceptors (Lipinski definition) is 7. The van der Waals surface area contributed by atoms with E-state index >= 15 is 0 Å². The van der Waals surface area contributed by atoms with Crippen LogP contribution >= 0.6 is 11.8 Å². The van der Waals surface area contributed by atoms with Crippen molar-refractivity contribution in [3.8, 4) is 0 Å². The number of amides is 1. The zero-order chi connectivity index (χ0) is 26.1. The highest BCUT2D eigenvalue weighted by atomic mass is 32.2. The molecular weight excluding hydrogens is 498 g/mol. The second kappa shape index (κ2) is 10.2. The zero-order valence-electron chi connectivity index (χ0n) is 19.7. The molecule has 2 aromatic carbocycles. The number of nitrogens with two attached hydrogens (primary N) is 2. The van der Waals surface area contributed by atoms with Gasteiger partial charge in [-0.3, -0.25) is 14.6 Å². The maximum Gasteiger partial charge on any atom is 0.276 e. The van der Waals surface area contributed by atoms with Gasteiger partial charge in [0.1, 0.15) is 17.3 Å². The van der Waals surface area contributed by atoms with Crippen LogP contribution in [0.4, 0.5) is 20.3 Å². The number of carbonyl (C=O) groups excluding carboxylic acids is 1. The van der Waals surface area contributed by atoms with Crippen LogP contribution in [-0.4, -0.2) is 32.3 Å². The van der Waals surface area contributed by atoms with Crippen molar-refractivity contribution in [3.05, 3.63) is 87.2 Å². The van der Waals surface area contributed by atoms with Gasteiger partial charge in [0.05, 0.1) is 17.5 Å². The molecule has 1 aliphatic carbocycles. The standard InChI is InChI=1S/C26H24F2N6O2S/c27-17-8-4-14(5-9-17)12-16-2-1-3-19-22(16)33-34(23(19)15-6-10-18(28)11-7-15)20(35)13-37-26-31-24(30)21(29)25(36)32-26/h4-12,19,23H,1-3,13,29H2,(H3,30,31,32,36). The van der Waals surface area contributed by atoms with Crippen molar-refractivity contribution in [3.63, 3.8) is 0 Å². The molecule has 1 aliphatic heterocycles. The lowest BCUT2D eigenvalue weighted by Gasteiger charge is -2.29. The lowest BCUT2D eigenvalue weighted by molar-refractivity contribution is -0.130. The van der Waals surface area contributed by atoms with Gasteiger partial charge >= 0.3 is 0 Å². The number of nitrogens with one attached hydrogen (secondary N) is 1. The summed E-state index contributed by atoms with van der Waals surface area (Å²) in [6, 6.07) is 11.9. The van der Waals surface area contributed by atoms with Crippen LogP contribution in [0.25, 0.3) is 6.08 Å². The Bertz CT molecular complexity index is 1450. The second-order valence-electron chi connectivity index (χ2n) is 8.90. The third-order valence-corrected chi connectivity index (χ3v) is 7.33. The van der Waals surface area contributed by atoms with Crippen LogP contribution in [0.5, 0.6) is 0 Å². The summed E-state index contributed by atoms with van der Waals surface area (Å²) in [7, 11) is 0. The average Bonchev–Trinajstić information content (AvgIpc) is 3.28. The van der Waals surface area contributed by atoms with Gasteiger partial charge in [0.2, 0.25) is 0 Å². The molecule has 2 atom stereocenters. The van der Waals surface area contributed by atoms with Crippen LogP contribution in [0.2, 0.25) is 0 Å². The summed E-state index contributed by atoms with van der Waals surface area (Å²) >= 11 is 1.02. The monoisotopic (exact) mass is 522 g/mol. The highest BCUT2D eigenvalue weighted by Crippen LogP contribution is 2.44. The van der Waals surface area contributed by atoms with Crippen LogP contribution in [0.1, 0.15) is 36.4 Å². The maximum atomic E-state index is 13.7. The number of H-pyrrole nitrogens is 1. The second-order valence-corrected chi connectivity index (χ2v) is 9.86. The summed E-state index contributed by atoms with van der Waals surface area (Å²) in [5.41, 5.74) is 13.9. The first-order valence-electron chi connectivity index (χ1n) is 11.7. The fraction of sp³-hybridized carbons (Fsp3) is 0.231. The Kier molecular flexibility index (Phi) is 6.79. The number of aromatic nitrogens is 2. The molecule has 1 aromatic heterocycles. The lowest BCUT2D eigenvalue weighted by Crippen LogP contribution is -2.33. The summed E-state index contributed by atoms with van der Waals surface area (Å²) in [5.74, 6) is -1.24. The fourth-order valence-electron chi connectivity index (χ4n) is 4.70. The first kappa shape index (κ1) is 24.7. The Hall–Kier alpha value is -3.99. The number of hydrogen-bond donors (Lipinski definition) is 3. The van der Waals surface area contributed by atoms with E-state index in [2.05, 4.69) is 9.97 Å². The molecule has 0 saturated heterocycles. The van der Waals surface area contributed by atoms with Gasteiger partial charge in [0.15, 0.2) is 11.0 Å². The third kappa shape index (κ3) is 5.12. The molecule has 1 fully saturated rings. The largest absolute Gasteiger partial charge is 0.391 e. The Labute approximate surface area is 215 Å². The first-order chi connectivity index (χ1) is 17.8. The van der Waals surface area contributed by atoms with E-state index in [0.29, 0.717) is 0 Å². The van der Waals surface area contributed by atoms with Crippen molar-refractivity contribution in [2.45, 2.75) is 30.5 Å². The molecule has 190 valence electrons. The fourth-order valence-corrected chi connectivity index (χ4v) is 5.42. The summed E-state index contributed by atoms with van der Waals surface area (Å²) in [6.07, 6.45) is 4.44. The number of rotatable bonds is 5. The van der Waals surface area contributed by atoms with Gasteiger partial charge in [0, 0.05) is 5.92 Å². The van der Waals surface area contributed by atoms with Crippen LogP contribution < -0.4 is 17.0 Å². The van der Waals surface area contributed by atoms with Crippen molar-refractivity contribution in [1.82, 2.24) is 15.0 Å². The number of carbonyl (C=O) groups is 1. The number of thioether (sulfide) groups is 1. The van der Waals surface area contributed by atoms with Gasteiger partial charge in [-0.05, 0) is 66.3 Å². The summed E-state index contributed by atoms with van der Waals surface area (Å²) in [6.45, 7) is 0. The van der Waals surface area contributed by atoms with Crippen LogP contribution in [0.3, 0.4) is 0 Å². The molecule has 0 bridgehead atoms. The van der Waals surface area contributed by atoms with Crippen molar-refractivity contribution in [2.75, 3.05) is 17.2 Å². The molecule has 2 unspecified atom stereocenters. The van der Waals surface area contributed by atoms with Crippen molar-refractivity contribution >= 4 is 41.0 Å². The SMILES string of the molecule is Nc1nc(SCC(=O)N2N=C3C(=Cc4ccc(F)cc4)CCCC3C2c2ccc(F)cc2)[nH]c(=O)c1N. The number of aromatic amines is 1. The number of nitrogen functional groups attached to an aromatic ring is 2. The minimum Gasteiger partial charge on any atom is -0.391 e. The minimum absolute atomic E-state index is 0.0650. The molecule has 5 N–H and O–H groups in total. The molecule has 3 aromatic rings.